The average Bonchev–Trinajstić information content (AvgIpc) is 2.49. The van der Waals surface area contributed by atoms with Gasteiger partial charge in [-0.25, -0.2) is 9.37 Å². The molecule has 0 fully saturated rings. The van der Waals surface area contributed by atoms with Crippen LogP contribution >= 0.6 is 11.8 Å². The smallest absolute Gasteiger partial charge is 0.140 e. The number of pyridine rings is 1. The van der Waals surface area contributed by atoms with Gasteiger partial charge < -0.3 is 5.32 Å². The summed E-state index contributed by atoms with van der Waals surface area (Å²) in [4.78, 5) is 5.06. The zero-order valence-electron chi connectivity index (χ0n) is 10.8. The summed E-state index contributed by atoms with van der Waals surface area (Å²) in [5, 5.41) is 11.9. The molecule has 0 unspecified atom stereocenters. The molecule has 1 aromatic carbocycles. The first kappa shape index (κ1) is 14.4. The molecule has 0 saturated heterocycles. The number of halogens is 1. The Balaban J connectivity index is 1.66. The minimum Gasteiger partial charge on any atom is -0.384 e. The quantitative estimate of drug-likeness (QED) is 0.650. The van der Waals surface area contributed by atoms with E-state index in [9.17, 15) is 4.39 Å². The molecular weight excluding hydrogens is 273 g/mol. The fraction of sp³-hybridized carbons (Fsp3) is 0.200. The maximum absolute atomic E-state index is 12.7. The molecule has 3 nitrogen and oxygen atoms in total. The average molecular weight is 287 g/mol. The largest absolute Gasteiger partial charge is 0.384 e. The second-order valence-corrected chi connectivity index (χ2v) is 5.29. The number of rotatable bonds is 6. The topological polar surface area (TPSA) is 48.7 Å². The lowest BCUT2D eigenvalue weighted by molar-refractivity contribution is 0.626. The molecule has 1 heterocycles. The molecule has 0 saturated carbocycles. The second kappa shape index (κ2) is 7.51. The zero-order valence-corrected chi connectivity index (χ0v) is 11.7. The molecule has 102 valence electrons. The Labute approximate surface area is 121 Å². The predicted molar refractivity (Wildman–Crippen MR) is 79.2 cm³/mol. The van der Waals surface area contributed by atoms with E-state index < -0.39 is 0 Å². The first-order valence-corrected chi connectivity index (χ1v) is 7.25. The number of thioether (sulfide) groups is 1. The number of anilines is 1. The third kappa shape index (κ3) is 4.56. The summed E-state index contributed by atoms with van der Waals surface area (Å²) < 4.78 is 12.7. The van der Waals surface area contributed by atoms with Gasteiger partial charge in [0.1, 0.15) is 17.6 Å². The van der Waals surface area contributed by atoms with Crippen LogP contribution in [0.4, 0.5) is 10.1 Å². The van der Waals surface area contributed by atoms with Crippen LogP contribution in [0.5, 0.6) is 0 Å². The number of aromatic nitrogens is 1. The van der Waals surface area contributed by atoms with Gasteiger partial charge in [-0.15, -0.1) is 11.8 Å². The molecule has 1 N–H and O–H groups in total. The van der Waals surface area contributed by atoms with E-state index in [0.717, 1.165) is 29.3 Å². The highest BCUT2D eigenvalue weighted by atomic mass is 32.2. The summed E-state index contributed by atoms with van der Waals surface area (Å²) in [7, 11) is 0. The fourth-order valence-electron chi connectivity index (χ4n) is 1.59. The van der Waals surface area contributed by atoms with Crippen LogP contribution in [0.1, 0.15) is 12.1 Å². The highest BCUT2D eigenvalue weighted by Crippen LogP contribution is 2.18. The number of nitrogens with zero attached hydrogens (tertiary/aromatic N) is 2. The van der Waals surface area contributed by atoms with Crippen molar-refractivity contribution in [2.75, 3.05) is 17.6 Å². The van der Waals surface area contributed by atoms with E-state index in [1.807, 2.05) is 12.1 Å². The lowest BCUT2D eigenvalue weighted by Gasteiger charge is -2.05. The van der Waals surface area contributed by atoms with Crippen molar-refractivity contribution in [3.63, 3.8) is 0 Å². The van der Waals surface area contributed by atoms with Gasteiger partial charge >= 0.3 is 0 Å². The molecule has 0 aliphatic rings. The number of benzene rings is 1. The highest BCUT2D eigenvalue weighted by Gasteiger charge is 1.97. The molecule has 20 heavy (non-hydrogen) atoms. The summed E-state index contributed by atoms with van der Waals surface area (Å²) in [5.41, 5.74) is 1.33. The van der Waals surface area contributed by atoms with E-state index >= 15 is 0 Å². The summed E-state index contributed by atoms with van der Waals surface area (Å²) in [6.07, 6.45) is 2.65. The Hall–Kier alpha value is -2.06. The summed E-state index contributed by atoms with van der Waals surface area (Å²) in [6, 6.07) is 12.0. The van der Waals surface area contributed by atoms with Crippen LogP contribution in [0.25, 0.3) is 0 Å². The molecular formula is C15H14FN3S. The first-order chi connectivity index (χ1) is 9.78. The lowest BCUT2D eigenvalue weighted by Crippen LogP contribution is -2.03. The van der Waals surface area contributed by atoms with Crippen LogP contribution in [0, 0.1) is 17.1 Å². The van der Waals surface area contributed by atoms with Gasteiger partial charge in [-0.05, 0) is 48.6 Å². The van der Waals surface area contributed by atoms with Crippen molar-refractivity contribution in [3.05, 3.63) is 54.1 Å². The molecule has 0 aliphatic carbocycles. The van der Waals surface area contributed by atoms with Gasteiger partial charge in [0.25, 0.3) is 0 Å². The molecule has 0 spiro atoms. The van der Waals surface area contributed by atoms with E-state index in [1.165, 1.54) is 12.1 Å². The maximum Gasteiger partial charge on any atom is 0.140 e. The standard InChI is InChI=1S/C15H14FN3S/c16-12-2-6-15(7-3-12)20-9-1-8-18-14-5-4-13(10-17)19-11-14/h2-7,11,18H,1,8-9H2. The van der Waals surface area contributed by atoms with Crippen LogP contribution in [0.15, 0.2) is 47.5 Å². The van der Waals surface area contributed by atoms with Gasteiger partial charge in [-0.3, -0.25) is 0 Å². The fourth-order valence-corrected chi connectivity index (χ4v) is 2.44. The van der Waals surface area contributed by atoms with Crippen LogP contribution in [0.3, 0.4) is 0 Å². The third-order valence-corrected chi connectivity index (χ3v) is 3.71. The third-order valence-electron chi connectivity index (χ3n) is 2.61. The van der Waals surface area contributed by atoms with E-state index in [4.69, 9.17) is 5.26 Å². The Kier molecular flexibility index (Phi) is 5.39. The molecule has 0 amide bonds. The monoisotopic (exact) mass is 287 g/mol. The number of hydrogen-bond acceptors (Lipinski definition) is 4. The maximum atomic E-state index is 12.7. The van der Waals surface area contributed by atoms with Gasteiger partial charge in [-0.1, -0.05) is 0 Å². The SMILES string of the molecule is N#Cc1ccc(NCCCSc2ccc(F)cc2)cn1. The van der Waals surface area contributed by atoms with Crippen molar-refractivity contribution >= 4 is 17.4 Å². The van der Waals surface area contributed by atoms with Crippen molar-refractivity contribution in [1.82, 2.24) is 4.98 Å². The van der Waals surface area contributed by atoms with Gasteiger partial charge in [0.2, 0.25) is 0 Å². The molecule has 0 bridgehead atoms. The normalized spacial score (nSPS) is 10.0. The van der Waals surface area contributed by atoms with E-state index in [1.54, 1.807) is 36.2 Å². The molecule has 2 rings (SSSR count). The van der Waals surface area contributed by atoms with E-state index in [-0.39, 0.29) is 5.82 Å². The Morgan fingerprint density at radius 3 is 2.65 bits per heavy atom. The van der Waals surface area contributed by atoms with Gasteiger partial charge in [-0.2, -0.15) is 5.26 Å². The van der Waals surface area contributed by atoms with E-state index in [0.29, 0.717) is 5.69 Å². The van der Waals surface area contributed by atoms with Crippen molar-refractivity contribution in [2.24, 2.45) is 0 Å². The number of nitrogens with one attached hydrogen (secondary N) is 1. The molecule has 0 atom stereocenters. The predicted octanol–water partition coefficient (Wildman–Crippen LogP) is 3.69. The first-order valence-electron chi connectivity index (χ1n) is 6.26. The Morgan fingerprint density at radius 2 is 2.00 bits per heavy atom. The summed E-state index contributed by atoms with van der Waals surface area (Å²) in [6.45, 7) is 0.835. The van der Waals surface area contributed by atoms with Gasteiger partial charge in [0.05, 0.1) is 11.9 Å². The molecule has 1 aromatic heterocycles. The van der Waals surface area contributed by atoms with Crippen molar-refractivity contribution in [3.8, 4) is 6.07 Å². The zero-order chi connectivity index (χ0) is 14.2. The van der Waals surface area contributed by atoms with Crippen LogP contribution < -0.4 is 5.32 Å². The molecule has 5 heteroatoms. The molecule has 0 aliphatic heterocycles. The van der Waals surface area contributed by atoms with Gasteiger partial charge in [0, 0.05) is 11.4 Å². The summed E-state index contributed by atoms with van der Waals surface area (Å²) >= 11 is 1.70. The molecule has 0 radical (unpaired) electrons. The Bertz CT molecular complexity index is 576. The summed E-state index contributed by atoms with van der Waals surface area (Å²) in [5.74, 6) is 0.756. The van der Waals surface area contributed by atoms with Crippen LogP contribution in [0.2, 0.25) is 0 Å². The number of hydrogen-bond donors (Lipinski definition) is 1. The molecule has 2 aromatic rings. The van der Waals surface area contributed by atoms with Crippen molar-refractivity contribution < 1.29 is 4.39 Å². The van der Waals surface area contributed by atoms with Crippen molar-refractivity contribution in [1.29, 1.82) is 5.26 Å². The van der Waals surface area contributed by atoms with Gasteiger partial charge in [0.15, 0.2) is 0 Å². The number of nitriles is 1. The minimum atomic E-state index is -0.204. The Morgan fingerprint density at radius 1 is 1.20 bits per heavy atom. The minimum absolute atomic E-state index is 0.204. The van der Waals surface area contributed by atoms with Crippen LogP contribution in [-0.4, -0.2) is 17.3 Å². The second-order valence-electron chi connectivity index (χ2n) is 4.13. The van der Waals surface area contributed by atoms with E-state index in [2.05, 4.69) is 10.3 Å². The highest BCUT2D eigenvalue weighted by molar-refractivity contribution is 7.99. The van der Waals surface area contributed by atoms with Crippen LogP contribution in [-0.2, 0) is 0 Å². The van der Waals surface area contributed by atoms with Crippen molar-refractivity contribution in [2.45, 2.75) is 11.3 Å². The lowest BCUT2D eigenvalue weighted by atomic mass is 10.3.